The molecule has 2 rings (SSSR count). The highest BCUT2D eigenvalue weighted by atomic mass is 35.5. The Morgan fingerprint density at radius 2 is 2.00 bits per heavy atom. The molecule has 0 amide bonds. The average Bonchev–Trinajstić information content (AvgIpc) is 3.05. The summed E-state index contributed by atoms with van der Waals surface area (Å²) in [6, 6.07) is 8.20. The zero-order valence-corrected chi connectivity index (χ0v) is 12.5. The van der Waals surface area contributed by atoms with Crippen molar-refractivity contribution >= 4 is 5.97 Å². The summed E-state index contributed by atoms with van der Waals surface area (Å²) in [5, 5.41) is 0. The molecule has 19 heavy (non-hydrogen) atoms. The van der Waals surface area contributed by atoms with E-state index in [1.807, 2.05) is 26.0 Å². The highest BCUT2D eigenvalue weighted by Crippen LogP contribution is 2.54. The molecule has 0 aliphatic heterocycles. The van der Waals surface area contributed by atoms with Gasteiger partial charge in [0.1, 0.15) is 5.41 Å². The molecule has 4 heteroatoms. The minimum absolute atomic E-state index is 0. The van der Waals surface area contributed by atoms with Crippen molar-refractivity contribution in [1.29, 1.82) is 0 Å². The Morgan fingerprint density at radius 1 is 1.42 bits per heavy atom. The molecule has 3 nitrogen and oxygen atoms in total. The lowest BCUT2D eigenvalue weighted by Crippen LogP contribution is -3.00. The molecule has 1 aliphatic carbocycles. The maximum absolute atomic E-state index is 12.3. The Balaban J connectivity index is 0.00000180. The van der Waals surface area contributed by atoms with Crippen molar-refractivity contribution in [2.24, 2.45) is 5.92 Å². The minimum Gasteiger partial charge on any atom is -1.00 e. The number of ether oxygens (including phenoxy) is 1. The van der Waals surface area contributed by atoms with Crippen LogP contribution in [0.1, 0.15) is 31.4 Å². The topological polar surface area (TPSA) is 53.9 Å². The third kappa shape index (κ3) is 2.93. The first-order chi connectivity index (χ1) is 8.50. The predicted octanol–water partition coefficient (Wildman–Crippen LogP) is -1.55. The summed E-state index contributed by atoms with van der Waals surface area (Å²) in [4.78, 5) is 12.3. The van der Waals surface area contributed by atoms with Gasteiger partial charge in [-0.3, -0.25) is 4.79 Å². The van der Waals surface area contributed by atoms with Crippen LogP contribution in [0.4, 0.5) is 0 Å². The lowest BCUT2D eigenvalue weighted by molar-refractivity contribution is -0.373. The molecule has 1 fully saturated rings. The Bertz CT molecular complexity index is 444. The third-order valence-electron chi connectivity index (χ3n) is 3.73. The maximum Gasteiger partial charge on any atom is 0.317 e. The van der Waals surface area contributed by atoms with Crippen molar-refractivity contribution in [2.75, 3.05) is 6.54 Å². The summed E-state index contributed by atoms with van der Waals surface area (Å²) in [6.45, 7) is 6.61. The number of carbonyl (C=O) groups is 1. The van der Waals surface area contributed by atoms with E-state index in [0.29, 0.717) is 5.92 Å². The molecule has 0 radical (unpaired) electrons. The molecule has 0 aromatic heterocycles. The van der Waals surface area contributed by atoms with E-state index < -0.39 is 5.41 Å². The summed E-state index contributed by atoms with van der Waals surface area (Å²) in [5.41, 5.74) is 5.79. The van der Waals surface area contributed by atoms with Crippen LogP contribution in [0.15, 0.2) is 24.3 Å². The zero-order valence-electron chi connectivity index (χ0n) is 11.8. The van der Waals surface area contributed by atoms with E-state index in [1.54, 1.807) is 0 Å². The smallest absolute Gasteiger partial charge is 0.317 e. The van der Waals surface area contributed by atoms with Crippen LogP contribution in [-0.2, 0) is 14.9 Å². The van der Waals surface area contributed by atoms with Gasteiger partial charge in [0.2, 0.25) is 0 Å². The van der Waals surface area contributed by atoms with Crippen LogP contribution >= 0.6 is 0 Å². The number of hydrogen-bond donors (Lipinski definition) is 1. The SMILES string of the molecule is Cc1ccc([C@@]2(C(=O)OC(C)C)C[C@@H]2C[NH3+])cc1.[Cl-]. The normalized spacial score (nSPS) is 24.8. The second-order valence-corrected chi connectivity index (χ2v) is 5.48. The molecule has 0 bridgehead atoms. The number of quaternary nitrogens is 1. The molecule has 0 unspecified atom stereocenters. The van der Waals surface area contributed by atoms with Crippen molar-refractivity contribution in [3.63, 3.8) is 0 Å². The van der Waals surface area contributed by atoms with E-state index in [4.69, 9.17) is 4.74 Å². The van der Waals surface area contributed by atoms with Crippen LogP contribution in [0, 0.1) is 12.8 Å². The van der Waals surface area contributed by atoms with Gasteiger partial charge < -0.3 is 22.9 Å². The van der Waals surface area contributed by atoms with Crippen LogP contribution in [0.5, 0.6) is 0 Å². The number of carbonyl (C=O) groups excluding carboxylic acids is 1. The fourth-order valence-electron chi connectivity index (χ4n) is 2.57. The van der Waals surface area contributed by atoms with E-state index >= 15 is 0 Å². The van der Waals surface area contributed by atoms with Crippen LogP contribution in [0.25, 0.3) is 0 Å². The van der Waals surface area contributed by atoms with Gasteiger partial charge >= 0.3 is 5.97 Å². The van der Waals surface area contributed by atoms with E-state index in [9.17, 15) is 4.79 Å². The van der Waals surface area contributed by atoms with Gasteiger partial charge in [0, 0.05) is 5.92 Å². The molecule has 106 valence electrons. The second kappa shape index (κ2) is 5.93. The molecule has 1 aromatic carbocycles. The fourth-order valence-corrected chi connectivity index (χ4v) is 2.57. The van der Waals surface area contributed by atoms with E-state index in [1.165, 1.54) is 5.56 Å². The van der Waals surface area contributed by atoms with Gasteiger partial charge in [0.05, 0.1) is 12.6 Å². The largest absolute Gasteiger partial charge is 1.00 e. The lowest BCUT2D eigenvalue weighted by atomic mass is 9.92. The van der Waals surface area contributed by atoms with Crippen molar-refractivity contribution in [1.82, 2.24) is 0 Å². The lowest BCUT2D eigenvalue weighted by Gasteiger charge is -2.18. The maximum atomic E-state index is 12.3. The first kappa shape index (κ1) is 16.0. The molecular formula is C15H22ClNO2. The van der Waals surface area contributed by atoms with Crippen molar-refractivity contribution < 1.29 is 27.7 Å². The average molecular weight is 284 g/mol. The number of esters is 1. The predicted molar refractivity (Wildman–Crippen MR) is 69.9 cm³/mol. The van der Waals surface area contributed by atoms with Gasteiger partial charge in [-0.05, 0) is 32.8 Å². The first-order valence-corrected chi connectivity index (χ1v) is 6.58. The molecule has 0 saturated heterocycles. The number of hydrogen-bond acceptors (Lipinski definition) is 2. The van der Waals surface area contributed by atoms with Crippen LogP contribution in [0.2, 0.25) is 0 Å². The zero-order chi connectivity index (χ0) is 13.3. The summed E-state index contributed by atoms with van der Waals surface area (Å²) in [5.74, 6) is 0.237. The van der Waals surface area contributed by atoms with Crippen molar-refractivity contribution in [3.05, 3.63) is 35.4 Å². The Hall–Kier alpha value is -1.06. The fraction of sp³-hybridized carbons (Fsp3) is 0.533. The van der Waals surface area contributed by atoms with Gasteiger partial charge in [0.15, 0.2) is 0 Å². The van der Waals surface area contributed by atoms with Crippen LogP contribution < -0.4 is 18.1 Å². The molecular weight excluding hydrogens is 262 g/mol. The number of rotatable bonds is 4. The van der Waals surface area contributed by atoms with Crippen LogP contribution in [0.3, 0.4) is 0 Å². The summed E-state index contributed by atoms with van der Waals surface area (Å²) < 4.78 is 5.43. The van der Waals surface area contributed by atoms with Gasteiger partial charge in [-0.15, -0.1) is 0 Å². The number of aryl methyl sites for hydroxylation is 1. The Kier molecular flexibility index (Phi) is 4.99. The highest BCUT2D eigenvalue weighted by molar-refractivity contribution is 5.87. The number of halogens is 1. The second-order valence-electron chi connectivity index (χ2n) is 5.48. The van der Waals surface area contributed by atoms with E-state index in [-0.39, 0.29) is 24.5 Å². The number of benzene rings is 1. The summed E-state index contributed by atoms with van der Waals surface area (Å²) in [7, 11) is 0. The highest BCUT2D eigenvalue weighted by Gasteiger charge is 2.62. The van der Waals surface area contributed by atoms with E-state index in [0.717, 1.165) is 18.5 Å². The van der Waals surface area contributed by atoms with Gasteiger partial charge in [0.25, 0.3) is 0 Å². The summed E-state index contributed by atoms with van der Waals surface area (Å²) >= 11 is 0. The van der Waals surface area contributed by atoms with Crippen molar-refractivity contribution in [2.45, 2.75) is 38.7 Å². The minimum atomic E-state index is -0.431. The van der Waals surface area contributed by atoms with Gasteiger partial charge in [-0.1, -0.05) is 29.8 Å². The molecule has 1 aromatic rings. The van der Waals surface area contributed by atoms with Gasteiger partial charge in [-0.2, -0.15) is 0 Å². The van der Waals surface area contributed by atoms with Crippen LogP contribution in [-0.4, -0.2) is 18.6 Å². The molecule has 0 heterocycles. The Labute approximate surface area is 120 Å². The molecule has 1 aliphatic rings. The standard InChI is InChI=1S/C15H21NO2.ClH/c1-10(2)18-14(17)15(8-13(15)9-16)12-6-4-11(3)5-7-12;/h4-7,10,13H,8-9,16H2,1-3H3;1H/t13-,15+;/m1./s1. The molecule has 3 N–H and O–H groups in total. The Morgan fingerprint density at radius 3 is 2.42 bits per heavy atom. The van der Waals surface area contributed by atoms with Gasteiger partial charge in [-0.25, -0.2) is 0 Å². The third-order valence-corrected chi connectivity index (χ3v) is 3.73. The first-order valence-electron chi connectivity index (χ1n) is 6.58. The molecule has 1 saturated carbocycles. The molecule has 0 spiro atoms. The summed E-state index contributed by atoms with van der Waals surface area (Å²) in [6.07, 6.45) is 0.802. The van der Waals surface area contributed by atoms with E-state index in [2.05, 4.69) is 24.8 Å². The quantitative estimate of drug-likeness (QED) is 0.681. The monoisotopic (exact) mass is 283 g/mol. The molecule has 2 atom stereocenters. The van der Waals surface area contributed by atoms with Crippen molar-refractivity contribution in [3.8, 4) is 0 Å².